The molecule has 9 heteroatoms. The van der Waals surface area contributed by atoms with Gasteiger partial charge in [-0.2, -0.15) is 4.31 Å². The Labute approximate surface area is 203 Å². The number of aromatic carboxylic acids is 1. The summed E-state index contributed by atoms with van der Waals surface area (Å²) in [4.78, 5) is 25.3. The first-order valence-electron chi connectivity index (χ1n) is 11.3. The zero-order valence-electron chi connectivity index (χ0n) is 18.8. The lowest BCUT2D eigenvalue weighted by molar-refractivity contribution is 0.0696. The molecule has 3 aromatic rings. The lowest BCUT2D eigenvalue weighted by Crippen LogP contribution is -2.50. The first-order valence-corrected chi connectivity index (χ1v) is 12.7. The second-order valence-corrected chi connectivity index (χ2v) is 10.5. The van der Waals surface area contributed by atoms with Gasteiger partial charge in [0, 0.05) is 32.1 Å². The number of sulfonamides is 1. The maximum absolute atomic E-state index is 12.9. The standard InChI is InChI=1S/C26H24N2O6S/c29-25(30)18-9-11-19(12-10-18)35(32,33)28-15-13-27(14-16-28)26(31)34-17-24-22-7-3-1-5-20(22)21-6-2-4-8-23(21)24/h1-12,24H,13-17H2,(H,29,30). The molecule has 2 aliphatic rings. The van der Waals surface area contributed by atoms with E-state index in [1.165, 1.54) is 33.5 Å². The van der Waals surface area contributed by atoms with Gasteiger partial charge in [-0.3, -0.25) is 0 Å². The highest BCUT2D eigenvalue weighted by Crippen LogP contribution is 2.44. The third-order valence-corrected chi connectivity index (χ3v) is 8.48. The number of ether oxygens (including phenoxy) is 1. The lowest BCUT2D eigenvalue weighted by atomic mass is 9.98. The lowest BCUT2D eigenvalue weighted by Gasteiger charge is -2.33. The van der Waals surface area contributed by atoms with E-state index in [1.54, 1.807) is 0 Å². The molecule has 1 heterocycles. The van der Waals surface area contributed by atoms with Crippen LogP contribution in [0.4, 0.5) is 4.79 Å². The Kier molecular flexibility index (Phi) is 6.04. The van der Waals surface area contributed by atoms with Crippen molar-refractivity contribution in [2.75, 3.05) is 32.8 Å². The average Bonchev–Trinajstić information content (AvgIpc) is 3.21. The summed E-state index contributed by atoms with van der Waals surface area (Å²) < 4.78 is 32.8. The summed E-state index contributed by atoms with van der Waals surface area (Å²) in [6.07, 6.45) is -0.463. The highest BCUT2D eigenvalue weighted by molar-refractivity contribution is 7.89. The third-order valence-electron chi connectivity index (χ3n) is 6.57. The molecule has 1 aliphatic carbocycles. The van der Waals surface area contributed by atoms with Crippen molar-refractivity contribution < 1.29 is 27.9 Å². The van der Waals surface area contributed by atoms with Gasteiger partial charge >= 0.3 is 12.1 Å². The van der Waals surface area contributed by atoms with E-state index >= 15 is 0 Å². The number of rotatable bonds is 5. The van der Waals surface area contributed by atoms with Gasteiger partial charge in [-0.15, -0.1) is 0 Å². The monoisotopic (exact) mass is 492 g/mol. The number of carboxylic acids is 1. The quantitative estimate of drug-likeness (QED) is 0.583. The molecule has 0 radical (unpaired) electrons. The van der Waals surface area contributed by atoms with Crippen molar-refractivity contribution in [1.82, 2.24) is 9.21 Å². The van der Waals surface area contributed by atoms with Crippen LogP contribution in [0.3, 0.4) is 0 Å². The molecule has 1 saturated heterocycles. The fourth-order valence-electron chi connectivity index (χ4n) is 4.71. The SMILES string of the molecule is O=C(O)c1ccc(S(=O)(=O)N2CCN(C(=O)OCC3c4ccccc4-c4ccccc43)CC2)cc1. The van der Waals surface area contributed by atoms with Crippen molar-refractivity contribution >= 4 is 22.1 Å². The van der Waals surface area contributed by atoms with Crippen LogP contribution in [-0.2, 0) is 14.8 Å². The molecule has 0 unspecified atom stereocenters. The fourth-order valence-corrected chi connectivity index (χ4v) is 6.14. The van der Waals surface area contributed by atoms with Crippen LogP contribution in [0, 0.1) is 0 Å². The van der Waals surface area contributed by atoms with Gasteiger partial charge in [0.25, 0.3) is 0 Å². The van der Waals surface area contributed by atoms with Gasteiger partial charge < -0.3 is 14.7 Å². The van der Waals surface area contributed by atoms with Crippen LogP contribution >= 0.6 is 0 Å². The number of hydrogen-bond donors (Lipinski definition) is 1. The summed E-state index contributed by atoms with van der Waals surface area (Å²) in [5, 5.41) is 9.01. The molecule has 35 heavy (non-hydrogen) atoms. The summed E-state index contributed by atoms with van der Waals surface area (Å²) in [5.74, 6) is -1.16. The minimum Gasteiger partial charge on any atom is -0.478 e. The number of piperazine rings is 1. The molecule has 3 aromatic carbocycles. The number of carboxylic acid groups (broad SMARTS) is 1. The van der Waals surface area contributed by atoms with Crippen LogP contribution in [0.5, 0.6) is 0 Å². The molecule has 1 N–H and O–H groups in total. The maximum atomic E-state index is 12.9. The van der Waals surface area contributed by atoms with E-state index in [-0.39, 0.29) is 49.2 Å². The number of carbonyl (C=O) groups is 2. The minimum atomic E-state index is -3.78. The third kappa shape index (κ3) is 4.28. The van der Waals surface area contributed by atoms with Crippen LogP contribution in [0.15, 0.2) is 77.7 Å². The van der Waals surface area contributed by atoms with Crippen molar-refractivity contribution in [3.05, 3.63) is 89.5 Å². The van der Waals surface area contributed by atoms with E-state index in [9.17, 15) is 18.0 Å². The number of carbonyl (C=O) groups excluding carboxylic acids is 1. The molecule has 8 nitrogen and oxygen atoms in total. The van der Waals surface area contributed by atoms with E-state index in [1.807, 2.05) is 24.3 Å². The first kappa shape index (κ1) is 23.1. The average molecular weight is 493 g/mol. The number of nitrogens with zero attached hydrogens (tertiary/aromatic N) is 2. The summed E-state index contributed by atoms with van der Waals surface area (Å²) in [6, 6.07) is 21.3. The van der Waals surface area contributed by atoms with E-state index < -0.39 is 22.1 Å². The first-order chi connectivity index (χ1) is 16.9. The fraction of sp³-hybridized carbons (Fsp3) is 0.231. The minimum absolute atomic E-state index is 0.0176. The molecule has 1 fully saturated rings. The molecule has 1 aliphatic heterocycles. The number of amides is 1. The van der Waals surface area contributed by atoms with E-state index in [0.29, 0.717) is 0 Å². The van der Waals surface area contributed by atoms with Gasteiger partial charge in [0.15, 0.2) is 0 Å². The van der Waals surface area contributed by atoms with Gasteiger partial charge in [0.05, 0.1) is 10.5 Å². The van der Waals surface area contributed by atoms with Crippen molar-refractivity contribution in [1.29, 1.82) is 0 Å². The highest BCUT2D eigenvalue weighted by Gasteiger charge is 2.33. The number of benzene rings is 3. The molecular weight excluding hydrogens is 468 g/mol. The second-order valence-electron chi connectivity index (χ2n) is 8.52. The predicted molar refractivity (Wildman–Crippen MR) is 129 cm³/mol. The Hall–Kier alpha value is -3.69. The topological polar surface area (TPSA) is 104 Å². The van der Waals surface area contributed by atoms with Gasteiger partial charge in [0.1, 0.15) is 6.61 Å². The largest absolute Gasteiger partial charge is 0.478 e. The highest BCUT2D eigenvalue weighted by atomic mass is 32.2. The van der Waals surface area contributed by atoms with Crippen molar-refractivity contribution in [3.8, 4) is 11.1 Å². The van der Waals surface area contributed by atoms with Gasteiger partial charge in [-0.05, 0) is 46.5 Å². The normalized spacial score (nSPS) is 15.9. The Morgan fingerprint density at radius 2 is 1.37 bits per heavy atom. The Bertz CT molecular complexity index is 1330. The zero-order chi connectivity index (χ0) is 24.6. The smallest absolute Gasteiger partial charge is 0.409 e. The van der Waals surface area contributed by atoms with Crippen molar-refractivity contribution in [2.45, 2.75) is 10.8 Å². The Morgan fingerprint density at radius 3 is 1.91 bits per heavy atom. The molecule has 0 saturated carbocycles. The van der Waals surface area contributed by atoms with E-state index in [0.717, 1.165) is 22.3 Å². The van der Waals surface area contributed by atoms with Crippen LogP contribution in [0.25, 0.3) is 11.1 Å². The van der Waals surface area contributed by atoms with E-state index in [4.69, 9.17) is 9.84 Å². The Morgan fingerprint density at radius 1 is 0.829 bits per heavy atom. The number of fused-ring (bicyclic) bond motifs is 3. The molecule has 5 rings (SSSR count). The van der Waals surface area contributed by atoms with Crippen molar-refractivity contribution in [3.63, 3.8) is 0 Å². The molecule has 180 valence electrons. The van der Waals surface area contributed by atoms with Crippen LogP contribution in [-0.4, -0.2) is 67.6 Å². The van der Waals surface area contributed by atoms with Gasteiger partial charge in [0.2, 0.25) is 10.0 Å². The van der Waals surface area contributed by atoms with Crippen LogP contribution in [0.1, 0.15) is 27.4 Å². The van der Waals surface area contributed by atoms with Gasteiger partial charge in [-0.1, -0.05) is 48.5 Å². The zero-order valence-corrected chi connectivity index (χ0v) is 19.6. The molecular formula is C26H24N2O6S. The number of hydrogen-bond acceptors (Lipinski definition) is 5. The van der Waals surface area contributed by atoms with E-state index in [2.05, 4.69) is 24.3 Å². The molecule has 0 spiro atoms. The summed E-state index contributed by atoms with van der Waals surface area (Å²) >= 11 is 0. The van der Waals surface area contributed by atoms with Crippen LogP contribution < -0.4 is 0 Å². The summed E-state index contributed by atoms with van der Waals surface area (Å²) in [5.41, 5.74) is 4.58. The van der Waals surface area contributed by atoms with Crippen LogP contribution in [0.2, 0.25) is 0 Å². The summed E-state index contributed by atoms with van der Waals surface area (Å²) in [6.45, 7) is 0.897. The van der Waals surface area contributed by atoms with Gasteiger partial charge in [-0.25, -0.2) is 18.0 Å². The summed E-state index contributed by atoms with van der Waals surface area (Å²) in [7, 11) is -3.78. The van der Waals surface area contributed by atoms with Crippen molar-refractivity contribution in [2.24, 2.45) is 0 Å². The second kappa shape index (κ2) is 9.16. The molecule has 0 aromatic heterocycles. The molecule has 0 bridgehead atoms. The Balaban J connectivity index is 1.21. The molecule has 1 amide bonds. The molecule has 0 atom stereocenters. The predicted octanol–water partition coefficient (Wildman–Crippen LogP) is 3.64. The maximum Gasteiger partial charge on any atom is 0.409 e.